The van der Waals surface area contributed by atoms with Gasteiger partial charge in [0.2, 0.25) is 0 Å². The van der Waals surface area contributed by atoms with Gasteiger partial charge in [-0.3, -0.25) is 0 Å². The molecule has 0 amide bonds. The van der Waals surface area contributed by atoms with Gasteiger partial charge in [-0.15, -0.1) is 0 Å². The fourth-order valence-corrected chi connectivity index (χ4v) is 8.66. The van der Waals surface area contributed by atoms with Crippen molar-refractivity contribution in [1.29, 1.82) is 10.5 Å². The molecule has 0 spiro atoms. The minimum atomic E-state index is -0.221. The Balaban J connectivity index is 1.23. The van der Waals surface area contributed by atoms with Gasteiger partial charge >= 0.3 is 0 Å². The summed E-state index contributed by atoms with van der Waals surface area (Å²) < 4.78 is 0. The molecule has 0 saturated heterocycles. The first-order valence-corrected chi connectivity index (χ1v) is 18.7. The standard InChI is InChI=1S/C51H42N4/c1-7-15-46-42(8-2)50(3,4)43-16-9-12-19-47(43)54(46)38-26-22-34(23-27-38)40-30-36(32-52)37(33-53)31-41(40)35-24-28-39(29-25-35)55-48-20-13-10-17-44(48)51(5,6)45-18-11-14-21-49(45)55/h7-31H,2H2,1,3-6H3/b15-7-. The van der Waals surface area contributed by atoms with Gasteiger partial charge in [-0.25, -0.2) is 0 Å². The monoisotopic (exact) mass is 710 g/mol. The maximum absolute atomic E-state index is 10.1. The second kappa shape index (κ2) is 13.5. The van der Waals surface area contributed by atoms with E-state index in [-0.39, 0.29) is 10.8 Å². The van der Waals surface area contributed by atoms with Crippen LogP contribution in [-0.2, 0) is 10.8 Å². The first-order valence-electron chi connectivity index (χ1n) is 18.7. The van der Waals surface area contributed by atoms with Crippen molar-refractivity contribution < 1.29 is 0 Å². The number of fused-ring (bicyclic) bond motifs is 3. The Bertz CT molecular complexity index is 2590. The lowest BCUT2D eigenvalue weighted by molar-refractivity contribution is 0.621. The van der Waals surface area contributed by atoms with E-state index in [1.54, 1.807) is 0 Å². The molecule has 0 fully saturated rings. The largest absolute Gasteiger partial charge is 0.310 e. The van der Waals surface area contributed by atoms with Gasteiger partial charge in [0.25, 0.3) is 0 Å². The Kier molecular flexibility index (Phi) is 8.64. The molecule has 4 heteroatoms. The minimum Gasteiger partial charge on any atom is -0.310 e. The summed E-state index contributed by atoms with van der Waals surface area (Å²) in [4.78, 5) is 4.64. The fraction of sp³-hybridized carbons (Fsp3) is 0.137. The lowest BCUT2D eigenvalue weighted by Gasteiger charge is -2.42. The summed E-state index contributed by atoms with van der Waals surface area (Å²) in [6.45, 7) is 15.4. The van der Waals surface area contributed by atoms with Crippen molar-refractivity contribution in [3.63, 3.8) is 0 Å². The minimum absolute atomic E-state index is 0.142. The van der Waals surface area contributed by atoms with Gasteiger partial charge in [0.15, 0.2) is 0 Å². The summed E-state index contributed by atoms with van der Waals surface area (Å²) in [5.74, 6) is 0. The van der Waals surface area contributed by atoms with Crippen molar-refractivity contribution in [1.82, 2.24) is 0 Å². The van der Waals surface area contributed by atoms with E-state index in [0.717, 1.165) is 62.0 Å². The molecule has 4 nitrogen and oxygen atoms in total. The van der Waals surface area contributed by atoms with Crippen LogP contribution in [0.5, 0.6) is 0 Å². The van der Waals surface area contributed by atoms with E-state index in [1.807, 2.05) is 25.1 Å². The van der Waals surface area contributed by atoms with Crippen molar-refractivity contribution in [2.75, 3.05) is 9.80 Å². The number of nitrogens with zero attached hydrogens (tertiary/aromatic N) is 4. The lowest BCUT2D eigenvalue weighted by atomic mass is 9.73. The molecule has 2 aliphatic rings. The van der Waals surface area contributed by atoms with E-state index in [0.29, 0.717) is 11.1 Å². The zero-order valence-electron chi connectivity index (χ0n) is 31.9. The van der Waals surface area contributed by atoms with Gasteiger partial charge in [-0.05, 0) is 112 Å². The van der Waals surface area contributed by atoms with Gasteiger partial charge in [-0.1, -0.05) is 125 Å². The Morgan fingerprint density at radius 3 is 1.36 bits per heavy atom. The molecule has 0 bridgehead atoms. The maximum Gasteiger partial charge on any atom is 0.101 e. The quantitative estimate of drug-likeness (QED) is 0.173. The van der Waals surface area contributed by atoms with Gasteiger partial charge in [0, 0.05) is 27.9 Å². The summed E-state index contributed by atoms with van der Waals surface area (Å²) in [5.41, 5.74) is 15.6. The molecule has 0 saturated carbocycles. The molecule has 8 rings (SSSR count). The highest BCUT2D eigenvalue weighted by atomic mass is 15.2. The van der Waals surface area contributed by atoms with Crippen LogP contribution < -0.4 is 9.80 Å². The average Bonchev–Trinajstić information content (AvgIpc) is 3.21. The number of anilines is 5. The van der Waals surface area contributed by atoms with E-state index in [1.165, 1.54) is 16.7 Å². The molecular weight excluding hydrogens is 669 g/mol. The fourth-order valence-electron chi connectivity index (χ4n) is 8.66. The maximum atomic E-state index is 10.1. The molecule has 266 valence electrons. The summed E-state index contributed by atoms with van der Waals surface area (Å²) in [5, 5.41) is 20.2. The predicted molar refractivity (Wildman–Crippen MR) is 227 cm³/mol. The first kappa shape index (κ1) is 35.2. The predicted octanol–water partition coefficient (Wildman–Crippen LogP) is 13.3. The molecule has 2 heterocycles. The van der Waals surface area contributed by atoms with Crippen LogP contribution in [0.3, 0.4) is 0 Å². The SMILES string of the molecule is C=CC1=C(/C=C\C)N(c2ccc(-c3cc(C#N)c(C#N)cc3-c3ccc(N4c5ccccc5C(C)(C)c5ccccc54)cc3)cc2)c2ccccc2C1(C)C. The topological polar surface area (TPSA) is 54.1 Å². The molecule has 0 aromatic heterocycles. The van der Waals surface area contributed by atoms with E-state index in [9.17, 15) is 10.5 Å². The zero-order valence-corrected chi connectivity index (χ0v) is 31.9. The molecule has 2 aliphatic heterocycles. The molecule has 0 unspecified atom stereocenters. The van der Waals surface area contributed by atoms with Crippen LogP contribution >= 0.6 is 0 Å². The van der Waals surface area contributed by atoms with Crippen molar-refractivity contribution in [3.05, 3.63) is 197 Å². The van der Waals surface area contributed by atoms with Crippen molar-refractivity contribution in [2.45, 2.75) is 45.4 Å². The summed E-state index contributed by atoms with van der Waals surface area (Å²) in [6.07, 6.45) is 6.21. The average molecular weight is 711 g/mol. The van der Waals surface area contributed by atoms with Crippen LogP contribution in [0.25, 0.3) is 22.3 Å². The van der Waals surface area contributed by atoms with Crippen molar-refractivity contribution in [3.8, 4) is 34.4 Å². The number of nitriles is 2. The highest BCUT2D eigenvalue weighted by Crippen LogP contribution is 2.52. The van der Waals surface area contributed by atoms with E-state index >= 15 is 0 Å². The first-order chi connectivity index (χ1) is 26.6. The molecule has 0 N–H and O–H groups in total. The zero-order chi connectivity index (χ0) is 38.5. The van der Waals surface area contributed by atoms with Crippen LogP contribution in [0, 0.1) is 22.7 Å². The number of benzene rings is 6. The third-order valence-electron chi connectivity index (χ3n) is 11.4. The van der Waals surface area contributed by atoms with Gasteiger partial charge < -0.3 is 9.80 Å². The summed E-state index contributed by atoms with van der Waals surface area (Å²) >= 11 is 0. The van der Waals surface area contributed by atoms with Crippen molar-refractivity contribution in [2.24, 2.45) is 0 Å². The second-order valence-electron chi connectivity index (χ2n) is 15.2. The van der Waals surface area contributed by atoms with E-state index in [4.69, 9.17) is 0 Å². The van der Waals surface area contributed by atoms with E-state index < -0.39 is 0 Å². The Morgan fingerprint density at radius 2 is 0.945 bits per heavy atom. The van der Waals surface area contributed by atoms with Gasteiger partial charge in [0.1, 0.15) is 12.1 Å². The second-order valence-corrected chi connectivity index (χ2v) is 15.2. The normalized spacial score (nSPS) is 15.1. The molecule has 0 radical (unpaired) electrons. The Labute approximate surface area is 324 Å². The molecule has 0 aliphatic carbocycles. The number of hydrogen-bond acceptors (Lipinski definition) is 4. The number of para-hydroxylation sites is 3. The highest BCUT2D eigenvalue weighted by molar-refractivity contribution is 5.90. The van der Waals surface area contributed by atoms with Gasteiger partial charge in [0.05, 0.1) is 28.2 Å². The molecule has 0 atom stereocenters. The van der Waals surface area contributed by atoms with Crippen molar-refractivity contribution >= 4 is 28.4 Å². The van der Waals surface area contributed by atoms with Gasteiger partial charge in [-0.2, -0.15) is 10.5 Å². The smallest absolute Gasteiger partial charge is 0.101 e. The molecule has 6 aromatic rings. The Morgan fingerprint density at radius 1 is 0.545 bits per heavy atom. The number of rotatable bonds is 6. The van der Waals surface area contributed by atoms with Crippen LogP contribution in [-0.4, -0.2) is 0 Å². The molecule has 6 aromatic carbocycles. The van der Waals surface area contributed by atoms with Crippen LogP contribution in [0.2, 0.25) is 0 Å². The lowest BCUT2D eigenvalue weighted by Crippen LogP contribution is -2.33. The molecule has 55 heavy (non-hydrogen) atoms. The number of allylic oxidation sites excluding steroid dienone is 4. The van der Waals surface area contributed by atoms with Crippen LogP contribution in [0.4, 0.5) is 28.4 Å². The van der Waals surface area contributed by atoms with E-state index in [2.05, 4.69) is 190 Å². The summed E-state index contributed by atoms with van der Waals surface area (Å²) in [6, 6.07) is 51.1. The van der Waals surface area contributed by atoms with Crippen LogP contribution in [0.15, 0.2) is 170 Å². The van der Waals surface area contributed by atoms with Crippen LogP contribution in [0.1, 0.15) is 62.4 Å². The summed E-state index contributed by atoms with van der Waals surface area (Å²) in [7, 11) is 0. The molecular formula is C51H42N4. The number of hydrogen-bond donors (Lipinski definition) is 0. The third kappa shape index (κ3) is 5.58. The highest BCUT2D eigenvalue weighted by Gasteiger charge is 2.38. The Hall–Kier alpha value is -6.88. The third-order valence-corrected chi connectivity index (χ3v) is 11.4.